The number of halogens is 1. The first-order valence-electron chi connectivity index (χ1n) is 9.92. The molecular weight excluding hydrogens is 440 g/mol. The summed E-state index contributed by atoms with van der Waals surface area (Å²) in [4.78, 5) is 26.9. The Morgan fingerprint density at radius 2 is 1.61 bits per heavy atom. The van der Waals surface area contributed by atoms with Crippen LogP contribution in [0.2, 0.25) is 5.02 Å². The zero-order valence-electron chi connectivity index (χ0n) is 17.4. The predicted molar refractivity (Wildman–Crippen MR) is 117 cm³/mol. The van der Waals surface area contributed by atoms with Crippen LogP contribution in [-0.2, 0) is 24.3 Å². The second kappa shape index (κ2) is 9.80. The quantitative estimate of drug-likeness (QED) is 0.613. The highest BCUT2D eigenvalue weighted by molar-refractivity contribution is 7.89. The smallest absolute Gasteiger partial charge is 0.310 e. The van der Waals surface area contributed by atoms with Gasteiger partial charge in [-0.3, -0.25) is 9.59 Å². The lowest BCUT2D eigenvalue weighted by atomic mass is 9.98. The normalized spacial score (nSPS) is 16.5. The van der Waals surface area contributed by atoms with Crippen LogP contribution in [0.15, 0.2) is 59.5 Å². The van der Waals surface area contributed by atoms with Gasteiger partial charge in [0.15, 0.2) is 0 Å². The number of ether oxygens (including phenoxy) is 1. The van der Waals surface area contributed by atoms with Gasteiger partial charge in [0.2, 0.25) is 16.1 Å². The Morgan fingerprint density at radius 1 is 1.03 bits per heavy atom. The minimum Gasteiger partial charge on any atom is -0.447 e. The van der Waals surface area contributed by atoms with E-state index in [1.54, 1.807) is 38.4 Å². The Labute approximate surface area is 187 Å². The number of nitrogens with zero attached hydrogens (tertiary/aromatic N) is 2. The van der Waals surface area contributed by atoms with Gasteiger partial charge in [-0.05, 0) is 37.1 Å². The summed E-state index contributed by atoms with van der Waals surface area (Å²) in [5.74, 6) is -1.30. The van der Waals surface area contributed by atoms with E-state index < -0.39 is 28.0 Å². The van der Waals surface area contributed by atoms with Crippen LogP contribution < -0.4 is 0 Å². The van der Waals surface area contributed by atoms with E-state index in [0.29, 0.717) is 23.4 Å². The van der Waals surface area contributed by atoms with Crippen LogP contribution in [0.5, 0.6) is 0 Å². The summed E-state index contributed by atoms with van der Waals surface area (Å²) in [6.07, 6.45) is -0.383. The van der Waals surface area contributed by atoms with E-state index in [1.165, 1.54) is 33.5 Å². The third-order valence-electron chi connectivity index (χ3n) is 5.24. The maximum atomic E-state index is 12.8. The largest absolute Gasteiger partial charge is 0.447 e. The lowest BCUT2D eigenvalue weighted by molar-refractivity contribution is -0.164. The van der Waals surface area contributed by atoms with Gasteiger partial charge in [-0.15, -0.1) is 0 Å². The summed E-state index contributed by atoms with van der Waals surface area (Å²) in [5, 5.41) is 0.459. The highest BCUT2D eigenvalue weighted by Gasteiger charge is 2.35. The van der Waals surface area contributed by atoms with Crippen LogP contribution in [0.1, 0.15) is 24.5 Å². The average Bonchev–Trinajstić information content (AvgIpc) is 2.77. The van der Waals surface area contributed by atoms with Gasteiger partial charge in [0, 0.05) is 37.8 Å². The summed E-state index contributed by atoms with van der Waals surface area (Å²) in [7, 11) is -0.450. The molecule has 1 aliphatic heterocycles. The van der Waals surface area contributed by atoms with Crippen molar-refractivity contribution in [3.05, 3.63) is 65.2 Å². The van der Waals surface area contributed by atoms with Crippen molar-refractivity contribution in [1.29, 1.82) is 0 Å². The van der Waals surface area contributed by atoms with Crippen molar-refractivity contribution >= 4 is 33.5 Å². The van der Waals surface area contributed by atoms with Gasteiger partial charge >= 0.3 is 5.97 Å². The molecule has 0 aromatic heterocycles. The van der Waals surface area contributed by atoms with Crippen LogP contribution in [0, 0.1) is 5.92 Å². The first-order chi connectivity index (χ1) is 14.7. The van der Waals surface area contributed by atoms with Crippen molar-refractivity contribution in [1.82, 2.24) is 9.21 Å². The molecule has 166 valence electrons. The first kappa shape index (κ1) is 23.2. The number of esters is 1. The van der Waals surface area contributed by atoms with Crippen molar-refractivity contribution < 1.29 is 22.7 Å². The van der Waals surface area contributed by atoms with Crippen molar-refractivity contribution in [2.24, 2.45) is 5.92 Å². The van der Waals surface area contributed by atoms with Crippen molar-refractivity contribution in [2.75, 3.05) is 27.2 Å². The topological polar surface area (TPSA) is 84.0 Å². The fraction of sp³-hybridized carbons (Fsp3) is 0.364. The molecule has 1 unspecified atom stereocenters. The number of hydrogen-bond donors (Lipinski definition) is 0. The van der Waals surface area contributed by atoms with Gasteiger partial charge in [-0.1, -0.05) is 41.9 Å². The van der Waals surface area contributed by atoms with E-state index in [9.17, 15) is 18.0 Å². The molecule has 0 saturated carbocycles. The van der Waals surface area contributed by atoms with Gasteiger partial charge in [0.1, 0.15) is 0 Å². The first-order valence-corrected chi connectivity index (χ1v) is 11.7. The lowest BCUT2D eigenvalue weighted by Crippen LogP contribution is -2.41. The Kier molecular flexibility index (Phi) is 7.35. The van der Waals surface area contributed by atoms with E-state index in [1.807, 2.05) is 6.07 Å². The fourth-order valence-corrected chi connectivity index (χ4v) is 5.02. The van der Waals surface area contributed by atoms with Gasteiger partial charge < -0.3 is 9.64 Å². The molecule has 1 atom stereocenters. The van der Waals surface area contributed by atoms with Crippen molar-refractivity contribution in [2.45, 2.75) is 23.8 Å². The zero-order chi connectivity index (χ0) is 22.6. The molecule has 0 aliphatic carbocycles. The summed E-state index contributed by atoms with van der Waals surface area (Å²) >= 11 is 5.84. The monoisotopic (exact) mass is 464 g/mol. The molecule has 2 aromatic carbocycles. The van der Waals surface area contributed by atoms with E-state index >= 15 is 0 Å². The molecule has 2 aromatic rings. The molecule has 1 amide bonds. The van der Waals surface area contributed by atoms with Crippen LogP contribution >= 0.6 is 11.6 Å². The third kappa shape index (κ3) is 5.44. The highest BCUT2D eigenvalue weighted by Crippen LogP contribution is 2.28. The van der Waals surface area contributed by atoms with Crippen molar-refractivity contribution in [3.63, 3.8) is 0 Å². The van der Waals surface area contributed by atoms with Crippen LogP contribution in [0.3, 0.4) is 0 Å². The zero-order valence-corrected chi connectivity index (χ0v) is 19.0. The second-order valence-electron chi connectivity index (χ2n) is 7.59. The van der Waals surface area contributed by atoms with E-state index in [4.69, 9.17) is 16.3 Å². The summed E-state index contributed by atoms with van der Waals surface area (Å²) in [5.41, 5.74) is 0.595. The van der Waals surface area contributed by atoms with E-state index in [2.05, 4.69) is 0 Å². The Morgan fingerprint density at radius 3 is 2.16 bits per heavy atom. The number of piperidine rings is 1. The SMILES string of the molecule is CN(C)C(=O)C(OC(=O)C1CCN(S(=O)(=O)c2ccc(Cl)cc2)CC1)c1ccccc1. The molecule has 1 fully saturated rings. The van der Waals surface area contributed by atoms with Crippen LogP contribution in [0.4, 0.5) is 0 Å². The highest BCUT2D eigenvalue weighted by atomic mass is 35.5. The minimum atomic E-state index is -3.66. The molecular formula is C22H25ClN2O5S. The molecule has 0 N–H and O–H groups in total. The number of hydrogen-bond acceptors (Lipinski definition) is 5. The maximum absolute atomic E-state index is 12.8. The Bertz CT molecular complexity index is 1020. The number of carbonyl (C=O) groups is 2. The lowest BCUT2D eigenvalue weighted by Gasteiger charge is -2.31. The van der Waals surface area contributed by atoms with Gasteiger partial charge in [-0.2, -0.15) is 4.31 Å². The molecule has 9 heteroatoms. The molecule has 7 nitrogen and oxygen atoms in total. The Hall–Kier alpha value is -2.42. The molecule has 0 spiro atoms. The number of likely N-dealkylation sites (N-methyl/N-ethyl adjacent to an activating group) is 1. The summed E-state index contributed by atoms with van der Waals surface area (Å²) in [6, 6.07) is 14.8. The van der Waals surface area contributed by atoms with Gasteiger partial charge in [0.05, 0.1) is 10.8 Å². The number of benzene rings is 2. The van der Waals surface area contributed by atoms with Gasteiger partial charge in [0.25, 0.3) is 5.91 Å². The van der Waals surface area contributed by atoms with Crippen molar-refractivity contribution in [3.8, 4) is 0 Å². The fourth-order valence-electron chi connectivity index (χ4n) is 3.42. The van der Waals surface area contributed by atoms with E-state index in [0.717, 1.165) is 0 Å². The average molecular weight is 465 g/mol. The third-order valence-corrected chi connectivity index (χ3v) is 7.40. The summed E-state index contributed by atoms with van der Waals surface area (Å²) < 4.78 is 32.6. The molecule has 0 radical (unpaired) electrons. The molecule has 1 heterocycles. The molecule has 31 heavy (non-hydrogen) atoms. The number of sulfonamides is 1. The molecule has 3 rings (SSSR count). The number of amides is 1. The molecule has 1 saturated heterocycles. The van der Waals surface area contributed by atoms with Gasteiger partial charge in [-0.25, -0.2) is 8.42 Å². The molecule has 0 bridgehead atoms. The molecule has 1 aliphatic rings. The standard InChI is InChI=1S/C22H25ClN2O5S/c1-24(2)21(26)20(16-6-4-3-5-7-16)30-22(27)17-12-14-25(15-13-17)31(28,29)19-10-8-18(23)9-11-19/h3-11,17,20H,12-15H2,1-2H3. The number of rotatable bonds is 6. The second-order valence-corrected chi connectivity index (χ2v) is 9.97. The van der Waals surface area contributed by atoms with E-state index in [-0.39, 0.29) is 23.9 Å². The predicted octanol–water partition coefficient (Wildman–Crippen LogP) is 3.11. The van der Waals surface area contributed by atoms with Crippen LogP contribution in [0.25, 0.3) is 0 Å². The summed E-state index contributed by atoms with van der Waals surface area (Å²) in [6.45, 7) is 0.394. The Balaban J connectivity index is 1.66. The minimum absolute atomic E-state index is 0.165. The van der Waals surface area contributed by atoms with Crippen LogP contribution in [-0.4, -0.2) is 56.7 Å². The number of carbonyl (C=O) groups excluding carboxylic acids is 2. The maximum Gasteiger partial charge on any atom is 0.310 e.